The number of nitrogens with zero attached hydrogens (tertiary/aromatic N) is 1. The number of nitrogens with one attached hydrogen (secondary N) is 2. The highest BCUT2D eigenvalue weighted by Gasteiger charge is 2.40. The van der Waals surface area contributed by atoms with E-state index in [0.29, 0.717) is 29.7 Å². The average molecular weight is 636 g/mol. The molecule has 5 aromatic rings. The number of halogens is 3. The Labute approximate surface area is 262 Å². The fraction of sp³-hybridized carbons (Fsp3) is 0.294. The first kappa shape index (κ1) is 30.6. The molecule has 234 valence electrons. The second kappa shape index (κ2) is 12.2. The lowest BCUT2D eigenvalue weighted by Gasteiger charge is -2.39. The van der Waals surface area contributed by atoms with E-state index in [-0.39, 0.29) is 46.9 Å². The highest BCUT2D eigenvalue weighted by atomic mass is 32.2. The zero-order valence-electron chi connectivity index (χ0n) is 25.2. The van der Waals surface area contributed by atoms with Gasteiger partial charge in [-0.3, -0.25) is 4.79 Å². The monoisotopic (exact) mass is 635 g/mol. The van der Waals surface area contributed by atoms with Crippen molar-refractivity contribution in [3.63, 3.8) is 0 Å². The third-order valence-electron chi connectivity index (χ3n) is 8.21. The molecule has 1 aliphatic rings. The number of para-hydroxylation sites is 1. The minimum absolute atomic E-state index is 0.0516. The first-order valence-electron chi connectivity index (χ1n) is 14.6. The summed E-state index contributed by atoms with van der Waals surface area (Å²) in [6.07, 6.45) is 6.13. The summed E-state index contributed by atoms with van der Waals surface area (Å²) in [7, 11) is 0. The fourth-order valence-corrected chi connectivity index (χ4v) is 6.79. The number of H-pyrrole nitrogens is 2. The van der Waals surface area contributed by atoms with E-state index in [1.807, 2.05) is 25.1 Å². The molecule has 0 amide bonds. The van der Waals surface area contributed by atoms with Gasteiger partial charge in [0.15, 0.2) is 11.6 Å². The molecule has 2 atom stereocenters. The number of hydrogen-bond donors (Lipinski definition) is 2. The van der Waals surface area contributed by atoms with Crippen LogP contribution in [-0.2, 0) is 21.4 Å². The molecule has 0 unspecified atom stereocenters. The van der Waals surface area contributed by atoms with Gasteiger partial charge in [0.25, 0.3) is 0 Å². The van der Waals surface area contributed by atoms with Crippen LogP contribution in [0.15, 0.2) is 59.8 Å². The fourth-order valence-electron chi connectivity index (χ4n) is 6.08. The lowest BCUT2D eigenvalue weighted by atomic mass is 9.73. The maximum Gasteiger partial charge on any atom is 0.306 e. The van der Waals surface area contributed by atoms with Crippen LogP contribution in [0.4, 0.5) is 13.2 Å². The summed E-state index contributed by atoms with van der Waals surface area (Å²) in [6, 6.07) is 11.5. The molecular weight excluding hydrogens is 603 g/mol. The molecule has 3 aromatic carbocycles. The summed E-state index contributed by atoms with van der Waals surface area (Å²) >= 11 is 1.22. The number of rotatable bonds is 9. The van der Waals surface area contributed by atoms with Crippen molar-refractivity contribution in [2.75, 3.05) is 12.9 Å². The SMILES string of the molecule is CCOC(=O)CCc1cccc2c1O[C@H](C)C[C@@]2(C)c1cnc(-c2cc(Oc3c(F)c(F)c4[nH]ccc4c3SC)ccc2F)[nH]1. The minimum atomic E-state index is -1.14. The van der Waals surface area contributed by atoms with E-state index >= 15 is 8.78 Å². The third-order valence-corrected chi connectivity index (χ3v) is 9.02. The largest absolute Gasteiger partial charge is 0.490 e. The second-order valence-corrected chi connectivity index (χ2v) is 12.0. The van der Waals surface area contributed by atoms with Gasteiger partial charge in [0.1, 0.15) is 23.1 Å². The van der Waals surface area contributed by atoms with Gasteiger partial charge < -0.3 is 24.2 Å². The van der Waals surface area contributed by atoms with Crippen LogP contribution in [0.2, 0.25) is 0 Å². The number of aryl methyl sites for hydroxylation is 1. The van der Waals surface area contributed by atoms with Crippen molar-refractivity contribution in [2.24, 2.45) is 0 Å². The molecular formula is C34H32F3N3O4S. The first-order valence-corrected chi connectivity index (χ1v) is 15.9. The molecule has 7 nitrogen and oxygen atoms in total. The minimum Gasteiger partial charge on any atom is -0.490 e. The van der Waals surface area contributed by atoms with E-state index in [4.69, 9.17) is 14.2 Å². The van der Waals surface area contributed by atoms with Crippen molar-refractivity contribution in [3.05, 3.63) is 89.1 Å². The van der Waals surface area contributed by atoms with Gasteiger partial charge in [-0.05, 0) is 69.7 Å². The van der Waals surface area contributed by atoms with Crippen molar-refractivity contribution in [1.82, 2.24) is 15.0 Å². The van der Waals surface area contributed by atoms with Crippen molar-refractivity contribution in [1.29, 1.82) is 0 Å². The molecule has 0 radical (unpaired) electrons. The molecule has 1 aliphatic heterocycles. The highest BCUT2D eigenvalue weighted by Crippen LogP contribution is 2.47. The maximum absolute atomic E-state index is 15.2. The van der Waals surface area contributed by atoms with Gasteiger partial charge in [0.05, 0.1) is 28.7 Å². The van der Waals surface area contributed by atoms with E-state index in [9.17, 15) is 9.18 Å². The van der Waals surface area contributed by atoms with Crippen molar-refractivity contribution in [2.45, 2.75) is 56.4 Å². The van der Waals surface area contributed by atoms with Crippen molar-refractivity contribution in [3.8, 4) is 28.6 Å². The summed E-state index contributed by atoms with van der Waals surface area (Å²) in [6.45, 7) is 6.16. The molecule has 0 aliphatic carbocycles. The van der Waals surface area contributed by atoms with Crippen LogP contribution in [0.1, 0.15) is 50.4 Å². The number of fused-ring (bicyclic) bond motifs is 2. The maximum atomic E-state index is 15.2. The Hall–Kier alpha value is -4.38. The topological polar surface area (TPSA) is 89.2 Å². The number of hydrogen-bond acceptors (Lipinski definition) is 6. The zero-order valence-corrected chi connectivity index (χ0v) is 26.0. The molecule has 45 heavy (non-hydrogen) atoms. The van der Waals surface area contributed by atoms with Gasteiger partial charge in [0.2, 0.25) is 5.82 Å². The molecule has 0 spiro atoms. The van der Waals surface area contributed by atoms with Crippen LogP contribution in [-0.4, -0.2) is 39.9 Å². The van der Waals surface area contributed by atoms with Gasteiger partial charge in [0, 0.05) is 40.9 Å². The molecule has 0 saturated carbocycles. The zero-order chi connectivity index (χ0) is 31.9. The summed E-state index contributed by atoms with van der Waals surface area (Å²) in [4.78, 5) is 23.0. The molecule has 11 heteroatoms. The lowest BCUT2D eigenvalue weighted by molar-refractivity contribution is -0.143. The number of benzene rings is 3. The summed E-state index contributed by atoms with van der Waals surface area (Å²) in [5.41, 5.74) is 2.17. The number of aromatic amines is 2. The Morgan fingerprint density at radius 1 is 1.18 bits per heavy atom. The molecule has 2 N–H and O–H groups in total. The van der Waals surface area contributed by atoms with Crippen molar-refractivity contribution >= 4 is 28.6 Å². The van der Waals surface area contributed by atoms with Gasteiger partial charge >= 0.3 is 5.97 Å². The molecule has 2 aromatic heterocycles. The quantitative estimate of drug-likeness (QED) is 0.125. The van der Waals surface area contributed by atoms with E-state index in [2.05, 4.69) is 21.9 Å². The number of aromatic nitrogens is 3. The van der Waals surface area contributed by atoms with Gasteiger partial charge in [-0.25, -0.2) is 13.8 Å². The van der Waals surface area contributed by atoms with Crippen LogP contribution in [0.5, 0.6) is 17.2 Å². The first-order chi connectivity index (χ1) is 21.6. The van der Waals surface area contributed by atoms with Gasteiger partial charge in [-0.1, -0.05) is 18.2 Å². The number of ether oxygens (including phenoxy) is 3. The van der Waals surface area contributed by atoms with E-state index in [1.54, 1.807) is 25.4 Å². The van der Waals surface area contributed by atoms with Crippen LogP contribution in [0.25, 0.3) is 22.3 Å². The normalized spacial score (nSPS) is 17.6. The number of carbonyl (C=O) groups excluding carboxylic acids is 1. The second-order valence-electron chi connectivity index (χ2n) is 11.2. The Kier molecular flexibility index (Phi) is 8.30. The van der Waals surface area contributed by atoms with Crippen LogP contribution >= 0.6 is 11.8 Å². The molecule has 0 saturated heterocycles. The Morgan fingerprint density at radius 3 is 2.78 bits per heavy atom. The summed E-state index contributed by atoms with van der Waals surface area (Å²) in [5.74, 6) is -2.19. The summed E-state index contributed by atoms with van der Waals surface area (Å²) < 4.78 is 62.4. The van der Waals surface area contributed by atoms with Crippen LogP contribution in [0.3, 0.4) is 0 Å². The third kappa shape index (κ3) is 5.54. The number of esters is 1. The molecule has 0 bridgehead atoms. The predicted octanol–water partition coefficient (Wildman–Crippen LogP) is 8.46. The summed E-state index contributed by atoms with van der Waals surface area (Å²) in [5, 5.41) is 0.484. The van der Waals surface area contributed by atoms with E-state index in [1.165, 1.54) is 36.2 Å². The lowest BCUT2D eigenvalue weighted by Crippen LogP contribution is -2.36. The van der Waals surface area contributed by atoms with Crippen molar-refractivity contribution < 1.29 is 32.2 Å². The standard InChI is InChI=1S/C34H32F3N3O4S/c1-5-42-26(41)12-9-19-7-6-8-23-30(19)43-18(2)16-34(23,3)25-17-39-33(40-25)22-15-20(10-11-24(22)35)44-31-28(37)27(36)29-21(13-14-38-29)32(31)45-4/h6-8,10-11,13-15,17-18,38H,5,9,12,16H2,1-4H3,(H,39,40)/t18-,34-/m1/s1. The molecule has 0 fully saturated rings. The Morgan fingerprint density at radius 2 is 2.00 bits per heavy atom. The van der Waals surface area contributed by atoms with Gasteiger partial charge in [-0.15, -0.1) is 11.8 Å². The van der Waals surface area contributed by atoms with Crippen LogP contribution < -0.4 is 9.47 Å². The molecule has 3 heterocycles. The smallest absolute Gasteiger partial charge is 0.306 e. The number of carbonyl (C=O) groups is 1. The van der Waals surface area contributed by atoms with Crippen LogP contribution in [0, 0.1) is 17.5 Å². The molecule has 6 rings (SSSR count). The number of thioether (sulfide) groups is 1. The Bertz CT molecular complexity index is 1910. The van der Waals surface area contributed by atoms with E-state index in [0.717, 1.165) is 22.6 Å². The number of imidazole rings is 1. The van der Waals surface area contributed by atoms with E-state index < -0.39 is 22.9 Å². The average Bonchev–Trinajstić information content (AvgIpc) is 3.71. The Balaban J connectivity index is 1.34. The predicted molar refractivity (Wildman–Crippen MR) is 167 cm³/mol. The van der Waals surface area contributed by atoms with Gasteiger partial charge in [-0.2, -0.15) is 4.39 Å². The highest BCUT2D eigenvalue weighted by molar-refractivity contribution is 7.99.